The van der Waals surface area contributed by atoms with Crippen molar-refractivity contribution in [1.82, 2.24) is 4.90 Å². The average Bonchev–Trinajstić information content (AvgIpc) is 2.37. The van der Waals surface area contributed by atoms with Crippen molar-refractivity contribution >= 4 is 5.70 Å². The van der Waals surface area contributed by atoms with Gasteiger partial charge in [0.05, 0.1) is 0 Å². The molecule has 0 aliphatic rings. The molecule has 0 saturated heterocycles. The molecule has 0 aliphatic heterocycles. The normalized spacial score (nSPS) is 11.2. The molecule has 0 aromatic heterocycles. The second kappa shape index (κ2) is 7.22. The zero-order chi connectivity index (χ0) is 15.2. The van der Waals surface area contributed by atoms with E-state index in [0.717, 1.165) is 37.2 Å². The molecule has 2 nitrogen and oxygen atoms in total. The molecular weight excluding hydrogens is 267 g/mol. The Morgan fingerprint density at radius 2 is 1.60 bits per heavy atom. The number of hydrogen-bond donors (Lipinski definition) is 0. The van der Waals surface area contributed by atoms with E-state index < -0.39 is 6.36 Å². The number of ether oxygens (including phenoxy) is 1. The molecule has 0 unspecified atom stereocenters. The Kier molecular flexibility index (Phi) is 5.92. The average molecular weight is 287 g/mol. The maximum absolute atomic E-state index is 12.1. The number of halogens is 3. The van der Waals surface area contributed by atoms with Crippen LogP contribution in [0.3, 0.4) is 0 Å². The molecule has 0 aliphatic carbocycles. The van der Waals surface area contributed by atoms with Gasteiger partial charge in [-0.1, -0.05) is 20.4 Å². The third kappa shape index (κ3) is 5.15. The number of rotatable bonds is 7. The van der Waals surface area contributed by atoms with E-state index >= 15 is 0 Å². The van der Waals surface area contributed by atoms with Gasteiger partial charge in [-0.25, -0.2) is 0 Å². The minimum Gasteiger partial charge on any atom is -0.406 e. The fourth-order valence-electron chi connectivity index (χ4n) is 1.95. The fraction of sp³-hybridized carbons (Fsp3) is 0.467. The van der Waals surface area contributed by atoms with Gasteiger partial charge in [-0.3, -0.25) is 0 Å². The molecule has 1 rings (SSSR count). The van der Waals surface area contributed by atoms with E-state index in [1.165, 1.54) is 12.1 Å². The van der Waals surface area contributed by atoms with E-state index in [1.807, 2.05) is 0 Å². The van der Waals surface area contributed by atoms with E-state index in [9.17, 15) is 13.2 Å². The maximum Gasteiger partial charge on any atom is 0.573 e. The van der Waals surface area contributed by atoms with Crippen molar-refractivity contribution in [2.45, 2.75) is 33.1 Å². The Hall–Kier alpha value is -1.65. The monoisotopic (exact) mass is 287 g/mol. The maximum atomic E-state index is 12.1. The van der Waals surface area contributed by atoms with Gasteiger partial charge >= 0.3 is 6.36 Å². The van der Waals surface area contributed by atoms with Crippen LogP contribution < -0.4 is 4.74 Å². The highest BCUT2D eigenvalue weighted by Crippen LogP contribution is 2.25. The molecule has 0 spiro atoms. The fourth-order valence-corrected chi connectivity index (χ4v) is 1.95. The molecule has 0 saturated carbocycles. The summed E-state index contributed by atoms with van der Waals surface area (Å²) in [7, 11) is 0. The van der Waals surface area contributed by atoms with Crippen molar-refractivity contribution in [3.05, 3.63) is 36.4 Å². The van der Waals surface area contributed by atoms with Crippen LogP contribution >= 0.6 is 0 Å². The summed E-state index contributed by atoms with van der Waals surface area (Å²) in [5, 5.41) is 0. The summed E-state index contributed by atoms with van der Waals surface area (Å²) < 4.78 is 40.1. The van der Waals surface area contributed by atoms with Gasteiger partial charge in [-0.2, -0.15) is 0 Å². The van der Waals surface area contributed by atoms with Gasteiger partial charge in [0.25, 0.3) is 0 Å². The van der Waals surface area contributed by atoms with Gasteiger partial charge < -0.3 is 9.64 Å². The van der Waals surface area contributed by atoms with Crippen LogP contribution in [0.1, 0.15) is 32.3 Å². The first-order valence-electron chi connectivity index (χ1n) is 6.67. The summed E-state index contributed by atoms with van der Waals surface area (Å²) in [6.45, 7) is 9.95. The van der Waals surface area contributed by atoms with Gasteiger partial charge in [0.2, 0.25) is 0 Å². The smallest absolute Gasteiger partial charge is 0.406 e. The molecule has 0 amide bonds. The number of benzene rings is 1. The molecule has 5 heteroatoms. The summed E-state index contributed by atoms with van der Waals surface area (Å²) in [5.74, 6) is -0.216. The SMILES string of the molecule is C=C(c1ccc(OC(F)(F)F)cc1)N(CCC)CCC. The first kappa shape index (κ1) is 16.4. The second-order valence-corrected chi connectivity index (χ2v) is 4.51. The molecule has 1 aromatic rings. The highest BCUT2D eigenvalue weighted by atomic mass is 19.4. The molecule has 112 valence electrons. The molecule has 0 atom stereocenters. The Bertz CT molecular complexity index is 420. The number of alkyl halides is 3. The zero-order valence-corrected chi connectivity index (χ0v) is 11.8. The summed E-state index contributed by atoms with van der Waals surface area (Å²) >= 11 is 0. The largest absolute Gasteiger partial charge is 0.573 e. The molecule has 0 radical (unpaired) electrons. The molecular formula is C15H20F3NO. The first-order chi connectivity index (χ1) is 9.37. The Balaban J connectivity index is 2.78. The molecule has 20 heavy (non-hydrogen) atoms. The predicted molar refractivity (Wildman–Crippen MR) is 74.3 cm³/mol. The number of nitrogens with zero attached hydrogens (tertiary/aromatic N) is 1. The van der Waals surface area contributed by atoms with Crippen molar-refractivity contribution in [2.24, 2.45) is 0 Å². The highest BCUT2D eigenvalue weighted by molar-refractivity contribution is 5.62. The third-order valence-corrected chi connectivity index (χ3v) is 2.79. The van der Waals surface area contributed by atoms with E-state index in [4.69, 9.17) is 0 Å². The lowest BCUT2D eigenvalue weighted by Gasteiger charge is -2.26. The lowest BCUT2D eigenvalue weighted by molar-refractivity contribution is -0.274. The highest BCUT2D eigenvalue weighted by Gasteiger charge is 2.30. The molecule has 0 N–H and O–H groups in total. The Labute approximate surface area is 117 Å². The quantitative estimate of drug-likeness (QED) is 0.722. The standard InChI is InChI=1S/C15H20F3NO/c1-4-10-19(11-5-2)12(3)13-6-8-14(9-7-13)20-15(16,17)18/h6-9H,3-5,10-11H2,1-2H3. The molecule has 0 bridgehead atoms. The van der Waals surface area contributed by atoms with Crippen LogP contribution in [0.15, 0.2) is 30.8 Å². The minimum absolute atomic E-state index is 0.216. The van der Waals surface area contributed by atoms with Gasteiger partial charge in [-0.15, -0.1) is 13.2 Å². The summed E-state index contributed by atoms with van der Waals surface area (Å²) in [6, 6.07) is 5.82. The lowest BCUT2D eigenvalue weighted by Crippen LogP contribution is -2.23. The summed E-state index contributed by atoms with van der Waals surface area (Å²) in [6.07, 6.45) is -2.67. The van der Waals surface area contributed by atoms with Gasteiger partial charge in [0.15, 0.2) is 0 Å². The van der Waals surface area contributed by atoms with E-state index in [2.05, 4.69) is 30.1 Å². The van der Waals surface area contributed by atoms with Crippen molar-refractivity contribution in [1.29, 1.82) is 0 Å². The van der Waals surface area contributed by atoms with Gasteiger partial charge in [0, 0.05) is 18.8 Å². The van der Waals surface area contributed by atoms with E-state index in [1.54, 1.807) is 12.1 Å². The van der Waals surface area contributed by atoms with Crippen molar-refractivity contribution in [3.8, 4) is 5.75 Å². The second-order valence-electron chi connectivity index (χ2n) is 4.51. The van der Waals surface area contributed by atoms with Gasteiger partial charge in [-0.05, 0) is 42.7 Å². The van der Waals surface area contributed by atoms with Crippen LogP contribution in [-0.4, -0.2) is 24.4 Å². The lowest BCUT2D eigenvalue weighted by atomic mass is 10.1. The Morgan fingerprint density at radius 1 is 1.10 bits per heavy atom. The zero-order valence-electron chi connectivity index (χ0n) is 11.8. The molecule has 0 heterocycles. The van der Waals surface area contributed by atoms with Crippen LogP contribution in [-0.2, 0) is 0 Å². The van der Waals surface area contributed by atoms with Crippen LogP contribution in [0.2, 0.25) is 0 Å². The van der Waals surface area contributed by atoms with Crippen LogP contribution in [0.4, 0.5) is 13.2 Å². The van der Waals surface area contributed by atoms with Crippen molar-refractivity contribution < 1.29 is 17.9 Å². The Morgan fingerprint density at radius 3 is 2.00 bits per heavy atom. The number of hydrogen-bond acceptors (Lipinski definition) is 2. The van der Waals surface area contributed by atoms with Crippen LogP contribution in [0.25, 0.3) is 5.70 Å². The molecule has 1 aromatic carbocycles. The third-order valence-electron chi connectivity index (χ3n) is 2.79. The predicted octanol–water partition coefficient (Wildman–Crippen LogP) is 4.68. The van der Waals surface area contributed by atoms with E-state index in [-0.39, 0.29) is 5.75 Å². The topological polar surface area (TPSA) is 12.5 Å². The summed E-state index contributed by atoms with van der Waals surface area (Å²) in [4.78, 5) is 2.14. The first-order valence-corrected chi connectivity index (χ1v) is 6.67. The van der Waals surface area contributed by atoms with E-state index in [0.29, 0.717) is 0 Å². The van der Waals surface area contributed by atoms with Crippen LogP contribution in [0.5, 0.6) is 5.75 Å². The minimum atomic E-state index is -4.66. The molecule has 0 fully saturated rings. The summed E-state index contributed by atoms with van der Waals surface area (Å²) in [5.41, 5.74) is 1.63. The van der Waals surface area contributed by atoms with Gasteiger partial charge in [0.1, 0.15) is 5.75 Å². The van der Waals surface area contributed by atoms with Crippen molar-refractivity contribution in [3.63, 3.8) is 0 Å². The van der Waals surface area contributed by atoms with Crippen LogP contribution in [0, 0.1) is 0 Å². The van der Waals surface area contributed by atoms with Crippen molar-refractivity contribution in [2.75, 3.05) is 13.1 Å².